The standard InChI is InChI=1S/C18H18O/c1-12-4-7-15(8-5-12)17-11-19-18-10-13(2)6-9-16(18)14(17)3/h4-10H,11H2,1-3H3. The zero-order valence-electron chi connectivity index (χ0n) is 11.7. The summed E-state index contributed by atoms with van der Waals surface area (Å²) in [5.74, 6) is 1.01. The van der Waals surface area contributed by atoms with Crippen molar-refractivity contribution in [3.63, 3.8) is 0 Å². The van der Waals surface area contributed by atoms with Crippen LogP contribution >= 0.6 is 0 Å². The number of hydrogen-bond acceptors (Lipinski definition) is 1. The van der Waals surface area contributed by atoms with E-state index in [0.717, 1.165) is 5.75 Å². The molecule has 2 aromatic rings. The van der Waals surface area contributed by atoms with Crippen molar-refractivity contribution < 1.29 is 4.74 Å². The highest BCUT2D eigenvalue weighted by atomic mass is 16.5. The highest BCUT2D eigenvalue weighted by Crippen LogP contribution is 2.37. The van der Waals surface area contributed by atoms with E-state index in [-0.39, 0.29) is 0 Å². The number of ether oxygens (including phenoxy) is 1. The minimum absolute atomic E-state index is 0.658. The molecular formula is C18H18O. The molecule has 2 aromatic carbocycles. The lowest BCUT2D eigenvalue weighted by atomic mass is 9.93. The van der Waals surface area contributed by atoms with Gasteiger partial charge in [-0.05, 0) is 43.5 Å². The van der Waals surface area contributed by atoms with Gasteiger partial charge in [-0.2, -0.15) is 0 Å². The molecule has 1 heteroatoms. The zero-order chi connectivity index (χ0) is 13.4. The molecule has 19 heavy (non-hydrogen) atoms. The van der Waals surface area contributed by atoms with Crippen LogP contribution in [0.3, 0.4) is 0 Å². The van der Waals surface area contributed by atoms with E-state index in [1.165, 1.54) is 33.4 Å². The van der Waals surface area contributed by atoms with Gasteiger partial charge >= 0.3 is 0 Å². The molecule has 0 saturated carbocycles. The molecule has 0 amide bonds. The maximum atomic E-state index is 5.91. The van der Waals surface area contributed by atoms with E-state index >= 15 is 0 Å². The predicted octanol–water partition coefficient (Wildman–Crippen LogP) is 4.63. The van der Waals surface area contributed by atoms with Crippen LogP contribution < -0.4 is 4.74 Å². The summed E-state index contributed by atoms with van der Waals surface area (Å²) in [4.78, 5) is 0. The van der Waals surface area contributed by atoms with Crippen molar-refractivity contribution in [1.82, 2.24) is 0 Å². The molecular weight excluding hydrogens is 232 g/mol. The van der Waals surface area contributed by atoms with Gasteiger partial charge in [0.05, 0.1) is 0 Å². The van der Waals surface area contributed by atoms with E-state index in [0.29, 0.717) is 6.61 Å². The van der Waals surface area contributed by atoms with Gasteiger partial charge in [-0.1, -0.05) is 42.0 Å². The molecule has 3 rings (SSSR count). The first-order valence-corrected chi connectivity index (χ1v) is 6.66. The summed E-state index contributed by atoms with van der Waals surface area (Å²) in [7, 11) is 0. The summed E-state index contributed by atoms with van der Waals surface area (Å²) < 4.78 is 5.91. The van der Waals surface area contributed by atoms with E-state index in [2.05, 4.69) is 63.2 Å². The SMILES string of the molecule is CC1=C(c2ccc(C)cc2)COc2cc(C)ccc21. The summed E-state index contributed by atoms with van der Waals surface area (Å²) >= 11 is 0. The average Bonchev–Trinajstić information content (AvgIpc) is 2.40. The number of fused-ring (bicyclic) bond motifs is 1. The number of allylic oxidation sites excluding steroid dienone is 1. The molecule has 0 aliphatic carbocycles. The summed E-state index contributed by atoms with van der Waals surface area (Å²) in [6.07, 6.45) is 0. The Morgan fingerprint density at radius 3 is 2.26 bits per heavy atom. The van der Waals surface area contributed by atoms with Gasteiger partial charge in [0.25, 0.3) is 0 Å². The van der Waals surface area contributed by atoms with Gasteiger partial charge < -0.3 is 4.74 Å². The molecule has 0 unspecified atom stereocenters. The number of aryl methyl sites for hydroxylation is 2. The maximum absolute atomic E-state index is 5.91. The lowest BCUT2D eigenvalue weighted by molar-refractivity contribution is 0.364. The fourth-order valence-corrected chi connectivity index (χ4v) is 2.53. The van der Waals surface area contributed by atoms with Crippen LogP contribution in [0, 0.1) is 13.8 Å². The van der Waals surface area contributed by atoms with Crippen LogP contribution in [0.5, 0.6) is 5.75 Å². The Bertz CT molecular complexity index is 648. The van der Waals surface area contributed by atoms with Crippen LogP contribution in [0.1, 0.15) is 29.2 Å². The van der Waals surface area contributed by atoms with E-state index in [1.807, 2.05) is 0 Å². The van der Waals surface area contributed by atoms with E-state index in [9.17, 15) is 0 Å². The predicted molar refractivity (Wildman–Crippen MR) is 80.3 cm³/mol. The third kappa shape index (κ3) is 2.17. The molecule has 0 atom stereocenters. The molecule has 1 aliphatic heterocycles. The smallest absolute Gasteiger partial charge is 0.127 e. The molecule has 0 aromatic heterocycles. The van der Waals surface area contributed by atoms with Gasteiger partial charge in [-0.25, -0.2) is 0 Å². The normalized spacial score (nSPS) is 14.1. The Morgan fingerprint density at radius 1 is 0.842 bits per heavy atom. The van der Waals surface area contributed by atoms with Gasteiger partial charge in [-0.3, -0.25) is 0 Å². The second-order valence-corrected chi connectivity index (χ2v) is 5.26. The Balaban J connectivity index is 2.10. The van der Waals surface area contributed by atoms with Crippen LogP contribution in [0.4, 0.5) is 0 Å². The Kier molecular flexibility index (Phi) is 2.90. The van der Waals surface area contributed by atoms with Crippen molar-refractivity contribution in [2.24, 2.45) is 0 Å². The summed E-state index contributed by atoms with van der Waals surface area (Å²) in [5, 5.41) is 0. The van der Waals surface area contributed by atoms with Gasteiger partial charge in [-0.15, -0.1) is 0 Å². The second kappa shape index (κ2) is 4.58. The van der Waals surface area contributed by atoms with Gasteiger partial charge in [0, 0.05) is 11.1 Å². The minimum atomic E-state index is 0.658. The monoisotopic (exact) mass is 250 g/mol. The quantitative estimate of drug-likeness (QED) is 0.717. The van der Waals surface area contributed by atoms with Crippen molar-refractivity contribution in [3.05, 3.63) is 64.7 Å². The molecule has 0 saturated heterocycles. The van der Waals surface area contributed by atoms with Gasteiger partial charge in [0.15, 0.2) is 0 Å². The topological polar surface area (TPSA) is 9.23 Å². The van der Waals surface area contributed by atoms with Crippen LogP contribution in [-0.4, -0.2) is 6.61 Å². The van der Waals surface area contributed by atoms with Crippen molar-refractivity contribution in [1.29, 1.82) is 0 Å². The first-order valence-electron chi connectivity index (χ1n) is 6.66. The minimum Gasteiger partial charge on any atom is -0.488 e. The summed E-state index contributed by atoms with van der Waals surface area (Å²) in [6.45, 7) is 7.05. The molecule has 1 heterocycles. The van der Waals surface area contributed by atoms with Crippen molar-refractivity contribution in [3.8, 4) is 5.75 Å². The maximum Gasteiger partial charge on any atom is 0.127 e. The van der Waals surface area contributed by atoms with Crippen molar-refractivity contribution >= 4 is 11.1 Å². The molecule has 0 fully saturated rings. The molecule has 0 bridgehead atoms. The Hall–Kier alpha value is -2.02. The average molecular weight is 250 g/mol. The number of rotatable bonds is 1. The Morgan fingerprint density at radius 2 is 1.53 bits per heavy atom. The highest BCUT2D eigenvalue weighted by Gasteiger charge is 2.18. The lowest BCUT2D eigenvalue weighted by Gasteiger charge is -2.23. The number of hydrogen-bond donors (Lipinski definition) is 0. The summed E-state index contributed by atoms with van der Waals surface area (Å²) in [5.41, 5.74) is 7.61. The second-order valence-electron chi connectivity index (χ2n) is 5.26. The Labute approximate surface area is 114 Å². The van der Waals surface area contributed by atoms with Crippen LogP contribution in [0.25, 0.3) is 11.1 Å². The van der Waals surface area contributed by atoms with Gasteiger partial charge in [0.1, 0.15) is 12.4 Å². The molecule has 0 N–H and O–H groups in total. The molecule has 1 aliphatic rings. The van der Waals surface area contributed by atoms with E-state index in [4.69, 9.17) is 4.74 Å². The third-order valence-electron chi connectivity index (χ3n) is 3.77. The van der Waals surface area contributed by atoms with E-state index < -0.39 is 0 Å². The molecule has 0 spiro atoms. The zero-order valence-corrected chi connectivity index (χ0v) is 11.7. The van der Waals surface area contributed by atoms with Crippen LogP contribution in [0.15, 0.2) is 42.5 Å². The molecule has 0 radical (unpaired) electrons. The highest BCUT2D eigenvalue weighted by molar-refractivity contribution is 5.93. The van der Waals surface area contributed by atoms with E-state index in [1.54, 1.807) is 0 Å². The lowest BCUT2D eigenvalue weighted by Crippen LogP contribution is -2.09. The first-order chi connectivity index (χ1) is 9.15. The van der Waals surface area contributed by atoms with Gasteiger partial charge in [0.2, 0.25) is 0 Å². The van der Waals surface area contributed by atoms with Crippen LogP contribution in [-0.2, 0) is 0 Å². The number of benzene rings is 2. The van der Waals surface area contributed by atoms with Crippen LogP contribution in [0.2, 0.25) is 0 Å². The third-order valence-corrected chi connectivity index (χ3v) is 3.77. The largest absolute Gasteiger partial charge is 0.488 e. The molecule has 1 nitrogen and oxygen atoms in total. The fraction of sp³-hybridized carbons (Fsp3) is 0.222. The summed E-state index contributed by atoms with van der Waals surface area (Å²) in [6, 6.07) is 15.1. The van der Waals surface area contributed by atoms with Crippen molar-refractivity contribution in [2.45, 2.75) is 20.8 Å². The van der Waals surface area contributed by atoms with Crippen molar-refractivity contribution in [2.75, 3.05) is 6.61 Å². The fourth-order valence-electron chi connectivity index (χ4n) is 2.53. The first kappa shape index (κ1) is 12.0. The molecule has 96 valence electrons.